The third-order valence-electron chi connectivity index (χ3n) is 3.76. The van der Waals surface area contributed by atoms with Gasteiger partial charge in [-0.3, -0.25) is 0 Å². The molecule has 0 bridgehead atoms. The number of halogens is 1. The maximum Gasteiger partial charge on any atom is 0.244 e. The Morgan fingerprint density at radius 1 is 0.920 bits per heavy atom. The largest absolute Gasteiger partial charge is 0.365 e. The molecule has 0 aliphatic rings. The van der Waals surface area contributed by atoms with E-state index in [9.17, 15) is 4.39 Å². The normalized spacial score (nSPS) is 10.5. The van der Waals surface area contributed by atoms with Crippen molar-refractivity contribution in [2.75, 3.05) is 17.2 Å². The van der Waals surface area contributed by atoms with E-state index in [1.165, 1.54) is 23.3 Å². The number of anilines is 2. The molecule has 0 atom stereocenters. The number of nitrogens with zero attached hydrogens (tertiary/aromatic N) is 3. The molecule has 0 radical (unpaired) electrons. The van der Waals surface area contributed by atoms with Gasteiger partial charge in [0.1, 0.15) is 5.82 Å². The zero-order valence-electron chi connectivity index (χ0n) is 14.0. The van der Waals surface area contributed by atoms with Gasteiger partial charge < -0.3 is 10.6 Å². The third-order valence-corrected chi connectivity index (χ3v) is 3.76. The first-order valence-corrected chi connectivity index (χ1v) is 8.16. The Morgan fingerprint density at radius 2 is 1.64 bits per heavy atom. The van der Waals surface area contributed by atoms with Gasteiger partial charge >= 0.3 is 0 Å². The molecule has 5 nitrogen and oxygen atoms in total. The fourth-order valence-corrected chi connectivity index (χ4v) is 2.33. The summed E-state index contributed by atoms with van der Waals surface area (Å²) in [4.78, 5) is 4.39. The van der Waals surface area contributed by atoms with E-state index >= 15 is 0 Å². The molecule has 2 N–H and O–H groups in total. The van der Waals surface area contributed by atoms with Gasteiger partial charge in [-0.2, -0.15) is 10.1 Å². The summed E-state index contributed by atoms with van der Waals surface area (Å²) in [6, 6.07) is 14.8. The van der Waals surface area contributed by atoms with Crippen LogP contribution in [0.4, 0.5) is 16.2 Å². The average molecular weight is 337 g/mol. The molecule has 0 amide bonds. The molecule has 25 heavy (non-hydrogen) atoms. The van der Waals surface area contributed by atoms with Gasteiger partial charge in [-0.15, -0.1) is 5.10 Å². The summed E-state index contributed by atoms with van der Waals surface area (Å²) in [6.07, 6.45) is 2.35. The average Bonchev–Trinajstić information content (AvgIpc) is 2.63. The van der Waals surface area contributed by atoms with Gasteiger partial charge in [-0.05, 0) is 36.6 Å². The second kappa shape index (κ2) is 8.19. The predicted molar refractivity (Wildman–Crippen MR) is 96.9 cm³/mol. The Kier molecular flexibility index (Phi) is 5.51. The van der Waals surface area contributed by atoms with Crippen molar-refractivity contribution in [1.82, 2.24) is 15.2 Å². The lowest BCUT2D eigenvalue weighted by molar-refractivity contribution is 0.627. The first-order chi connectivity index (χ1) is 12.2. The van der Waals surface area contributed by atoms with Crippen molar-refractivity contribution in [3.05, 3.63) is 77.2 Å². The van der Waals surface area contributed by atoms with Crippen LogP contribution in [0.3, 0.4) is 0 Å². The Morgan fingerprint density at radius 3 is 2.40 bits per heavy atom. The van der Waals surface area contributed by atoms with Crippen molar-refractivity contribution in [2.24, 2.45) is 0 Å². The summed E-state index contributed by atoms with van der Waals surface area (Å²) in [7, 11) is 0. The summed E-state index contributed by atoms with van der Waals surface area (Å²) in [5, 5.41) is 14.3. The topological polar surface area (TPSA) is 62.7 Å². The van der Waals surface area contributed by atoms with Crippen LogP contribution in [-0.4, -0.2) is 21.7 Å². The second-order valence-electron chi connectivity index (χ2n) is 5.81. The van der Waals surface area contributed by atoms with Gasteiger partial charge in [-0.25, -0.2) is 4.39 Å². The Labute approximate surface area is 146 Å². The highest BCUT2D eigenvalue weighted by Gasteiger charge is 2.01. The zero-order chi connectivity index (χ0) is 17.5. The molecule has 2 aromatic carbocycles. The Bertz CT molecular complexity index is 803. The van der Waals surface area contributed by atoms with E-state index in [-0.39, 0.29) is 5.82 Å². The molecule has 0 fully saturated rings. The number of nitrogens with one attached hydrogen (secondary N) is 2. The van der Waals surface area contributed by atoms with Gasteiger partial charge in [0.15, 0.2) is 5.82 Å². The molecule has 1 aromatic heterocycles. The van der Waals surface area contributed by atoms with E-state index in [2.05, 4.69) is 57.0 Å². The highest BCUT2D eigenvalue weighted by atomic mass is 19.1. The van der Waals surface area contributed by atoms with Gasteiger partial charge in [0.05, 0.1) is 6.20 Å². The van der Waals surface area contributed by atoms with Crippen molar-refractivity contribution in [3.63, 3.8) is 0 Å². The summed E-state index contributed by atoms with van der Waals surface area (Å²) in [5.74, 6) is 0.910. The summed E-state index contributed by atoms with van der Waals surface area (Å²) in [6.45, 7) is 3.39. The van der Waals surface area contributed by atoms with Crippen molar-refractivity contribution in [1.29, 1.82) is 0 Å². The highest BCUT2D eigenvalue weighted by Crippen LogP contribution is 2.09. The van der Waals surface area contributed by atoms with E-state index < -0.39 is 0 Å². The maximum atomic E-state index is 12.9. The first kappa shape index (κ1) is 16.8. The van der Waals surface area contributed by atoms with Crippen LogP contribution >= 0.6 is 0 Å². The number of hydrogen-bond acceptors (Lipinski definition) is 5. The molecule has 1 heterocycles. The molecule has 0 saturated carbocycles. The minimum atomic E-state index is -0.225. The maximum absolute atomic E-state index is 12.9. The van der Waals surface area contributed by atoms with Gasteiger partial charge in [0.25, 0.3) is 0 Å². The second-order valence-corrected chi connectivity index (χ2v) is 5.81. The van der Waals surface area contributed by atoms with Crippen LogP contribution in [0.15, 0.2) is 54.7 Å². The van der Waals surface area contributed by atoms with Crippen molar-refractivity contribution in [2.45, 2.75) is 19.9 Å². The molecular formula is C19H20FN5. The van der Waals surface area contributed by atoms with Crippen molar-refractivity contribution >= 4 is 11.8 Å². The van der Waals surface area contributed by atoms with Gasteiger partial charge in [-0.1, -0.05) is 42.0 Å². The Balaban J connectivity index is 1.50. The SMILES string of the molecule is Cc1ccc(CNc2cnnc(NCCc3ccc(F)cc3)n2)cc1. The molecular weight excluding hydrogens is 317 g/mol. The molecule has 3 aromatic rings. The number of aromatic nitrogens is 3. The predicted octanol–water partition coefficient (Wildman–Crippen LogP) is 3.59. The minimum absolute atomic E-state index is 0.225. The van der Waals surface area contributed by atoms with Crippen LogP contribution < -0.4 is 10.6 Å². The molecule has 0 unspecified atom stereocenters. The molecule has 128 valence electrons. The number of rotatable bonds is 7. The quantitative estimate of drug-likeness (QED) is 0.690. The van der Waals surface area contributed by atoms with Crippen LogP contribution in [0.5, 0.6) is 0 Å². The van der Waals surface area contributed by atoms with Crippen LogP contribution in [-0.2, 0) is 13.0 Å². The van der Waals surface area contributed by atoms with E-state index in [1.807, 2.05) is 0 Å². The van der Waals surface area contributed by atoms with Gasteiger partial charge in [0, 0.05) is 13.1 Å². The fraction of sp³-hybridized carbons (Fsp3) is 0.211. The summed E-state index contributed by atoms with van der Waals surface area (Å²) in [5.41, 5.74) is 3.46. The zero-order valence-corrected chi connectivity index (χ0v) is 14.0. The third kappa shape index (κ3) is 5.24. The monoisotopic (exact) mass is 337 g/mol. The lowest BCUT2D eigenvalue weighted by atomic mass is 10.1. The molecule has 0 aliphatic heterocycles. The number of benzene rings is 2. The van der Waals surface area contributed by atoms with Crippen molar-refractivity contribution < 1.29 is 4.39 Å². The van der Waals surface area contributed by atoms with Crippen LogP contribution in [0, 0.1) is 12.7 Å². The lowest BCUT2D eigenvalue weighted by Crippen LogP contribution is -2.10. The van der Waals surface area contributed by atoms with Crippen LogP contribution in [0.25, 0.3) is 0 Å². The molecule has 0 spiro atoms. The Hall–Kier alpha value is -3.02. The molecule has 3 rings (SSSR count). The first-order valence-electron chi connectivity index (χ1n) is 8.16. The highest BCUT2D eigenvalue weighted by molar-refractivity contribution is 5.38. The molecule has 6 heteroatoms. The molecule has 0 saturated heterocycles. The number of aryl methyl sites for hydroxylation is 1. The van der Waals surface area contributed by atoms with Crippen molar-refractivity contribution in [3.8, 4) is 0 Å². The molecule has 0 aliphatic carbocycles. The number of hydrogen-bond donors (Lipinski definition) is 2. The van der Waals surface area contributed by atoms with Crippen LogP contribution in [0.1, 0.15) is 16.7 Å². The van der Waals surface area contributed by atoms with E-state index in [0.29, 0.717) is 24.9 Å². The van der Waals surface area contributed by atoms with E-state index in [0.717, 1.165) is 12.0 Å². The van der Waals surface area contributed by atoms with Gasteiger partial charge in [0.2, 0.25) is 5.95 Å². The smallest absolute Gasteiger partial charge is 0.244 e. The fourth-order valence-electron chi connectivity index (χ4n) is 2.33. The minimum Gasteiger partial charge on any atom is -0.365 e. The lowest BCUT2D eigenvalue weighted by Gasteiger charge is -2.08. The summed E-state index contributed by atoms with van der Waals surface area (Å²) < 4.78 is 12.9. The van der Waals surface area contributed by atoms with E-state index in [4.69, 9.17) is 0 Å². The standard InChI is InChI=1S/C19H20FN5/c1-14-2-4-16(5-3-14)12-22-18-13-23-25-19(24-18)21-11-10-15-6-8-17(20)9-7-15/h2-9,13H,10-12H2,1H3,(H2,21,22,24,25). The summed E-state index contributed by atoms with van der Waals surface area (Å²) >= 11 is 0. The van der Waals surface area contributed by atoms with Crippen LogP contribution in [0.2, 0.25) is 0 Å². The van der Waals surface area contributed by atoms with E-state index in [1.54, 1.807) is 18.3 Å².